The van der Waals surface area contributed by atoms with E-state index in [-0.39, 0.29) is 24.2 Å². The normalized spacial score (nSPS) is 36.3. The van der Waals surface area contributed by atoms with E-state index in [4.69, 9.17) is 0 Å². The standard InChI is InChI=1S/C8H12N2O2/c11-6-4-9-3-5-1-2-10-7(5)8(6)12/h5,7,9-10H,1-4H2. The van der Waals surface area contributed by atoms with Crippen molar-refractivity contribution in [1.29, 1.82) is 0 Å². The molecule has 2 atom stereocenters. The number of carbonyl (C=O) groups excluding carboxylic acids is 2. The minimum Gasteiger partial charge on any atom is -0.309 e. The summed E-state index contributed by atoms with van der Waals surface area (Å²) in [6.07, 6.45) is 0.997. The third-order valence-electron chi connectivity index (χ3n) is 2.60. The molecule has 4 heteroatoms. The predicted octanol–water partition coefficient (Wildman–Crippen LogP) is -1.29. The molecule has 0 amide bonds. The molecule has 2 aliphatic heterocycles. The molecule has 0 aromatic carbocycles. The van der Waals surface area contributed by atoms with Gasteiger partial charge in [0.15, 0.2) is 0 Å². The van der Waals surface area contributed by atoms with Crippen LogP contribution in [0.5, 0.6) is 0 Å². The molecule has 0 radical (unpaired) electrons. The second-order valence-corrected chi connectivity index (χ2v) is 3.40. The Morgan fingerprint density at radius 3 is 3.00 bits per heavy atom. The van der Waals surface area contributed by atoms with Gasteiger partial charge in [-0.1, -0.05) is 0 Å². The molecule has 0 bridgehead atoms. The summed E-state index contributed by atoms with van der Waals surface area (Å²) >= 11 is 0. The highest BCUT2D eigenvalue weighted by Crippen LogP contribution is 2.17. The van der Waals surface area contributed by atoms with E-state index in [0.29, 0.717) is 5.92 Å². The van der Waals surface area contributed by atoms with Crippen LogP contribution >= 0.6 is 0 Å². The third-order valence-corrected chi connectivity index (χ3v) is 2.60. The largest absolute Gasteiger partial charge is 0.309 e. The van der Waals surface area contributed by atoms with Gasteiger partial charge in [0, 0.05) is 6.54 Å². The lowest BCUT2D eigenvalue weighted by atomic mass is 9.97. The number of rotatable bonds is 0. The zero-order valence-electron chi connectivity index (χ0n) is 6.80. The molecule has 2 heterocycles. The highest BCUT2D eigenvalue weighted by Gasteiger charge is 2.37. The lowest BCUT2D eigenvalue weighted by molar-refractivity contribution is -0.136. The predicted molar refractivity (Wildman–Crippen MR) is 42.8 cm³/mol. The highest BCUT2D eigenvalue weighted by atomic mass is 16.2. The average Bonchev–Trinajstić information content (AvgIpc) is 2.46. The monoisotopic (exact) mass is 168 g/mol. The Labute approximate surface area is 70.7 Å². The molecule has 2 N–H and O–H groups in total. The van der Waals surface area contributed by atoms with Crippen molar-refractivity contribution in [2.24, 2.45) is 5.92 Å². The van der Waals surface area contributed by atoms with Crippen LogP contribution in [0.4, 0.5) is 0 Å². The summed E-state index contributed by atoms with van der Waals surface area (Å²) in [5, 5.41) is 6.06. The van der Waals surface area contributed by atoms with Crippen molar-refractivity contribution in [3.05, 3.63) is 0 Å². The summed E-state index contributed by atoms with van der Waals surface area (Å²) in [5.41, 5.74) is 0. The van der Waals surface area contributed by atoms with Gasteiger partial charge in [0.1, 0.15) is 0 Å². The van der Waals surface area contributed by atoms with Gasteiger partial charge >= 0.3 is 0 Å². The van der Waals surface area contributed by atoms with Crippen LogP contribution in [0.2, 0.25) is 0 Å². The first-order valence-electron chi connectivity index (χ1n) is 4.30. The van der Waals surface area contributed by atoms with Crippen molar-refractivity contribution in [2.75, 3.05) is 19.6 Å². The van der Waals surface area contributed by atoms with Crippen molar-refractivity contribution < 1.29 is 9.59 Å². The van der Waals surface area contributed by atoms with Crippen molar-refractivity contribution in [2.45, 2.75) is 12.5 Å². The van der Waals surface area contributed by atoms with E-state index < -0.39 is 0 Å². The molecule has 0 aliphatic carbocycles. The topological polar surface area (TPSA) is 58.2 Å². The maximum Gasteiger partial charge on any atom is 0.216 e. The molecule has 0 aromatic rings. The molecule has 0 spiro atoms. The van der Waals surface area contributed by atoms with Crippen LogP contribution in [0.1, 0.15) is 6.42 Å². The molecule has 2 aliphatic rings. The van der Waals surface area contributed by atoms with Gasteiger partial charge in [0.2, 0.25) is 11.6 Å². The number of ketones is 2. The Morgan fingerprint density at radius 1 is 1.33 bits per heavy atom. The van der Waals surface area contributed by atoms with Crippen LogP contribution in [-0.2, 0) is 9.59 Å². The van der Waals surface area contributed by atoms with Gasteiger partial charge in [-0.15, -0.1) is 0 Å². The van der Waals surface area contributed by atoms with E-state index in [1.54, 1.807) is 0 Å². The van der Waals surface area contributed by atoms with E-state index in [1.165, 1.54) is 0 Å². The number of hydrogen-bond donors (Lipinski definition) is 2. The van der Waals surface area contributed by atoms with Crippen molar-refractivity contribution in [3.63, 3.8) is 0 Å². The number of carbonyl (C=O) groups is 2. The van der Waals surface area contributed by atoms with Crippen LogP contribution < -0.4 is 10.6 Å². The second kappa shape index (κ2) is 2.95. The summed E-state index contributed by atoms with van der Waals surface area (Å²) in [6.45, 7) is 1.86. The third kappa shape index (κ3) is 1.17. The summed E-state index contributed by atoms with van der Waals surface area (Å²) in [5.74, 6) is -0.191. The van der Waals surface area contributed by atoms with E-state index in [2.05, 4.69) is 10.6 Å². The first kappa shape index (κ1) is 7.89. The molecule has 2 fully saturated rings. The lowest BCUT2D eigenvalue weighted by Crippen LogP contribution is -2.39. The molecular weight excluding hydrogens is 156 g/mol. The lowest BCUT2D eigenvalue weighted by Gasteiger charge is -2.12. The minimum absolute atomic E-state index is 0.201. The first-order valence-corrected chi connectivity index (χ1v) is 4.30. The summed E-state index contributed by atoms with van der Waals surface area (Å²) in [4.78, 5) is 22.5. The number of fused-ring (bicyclic) bond motifs is 1. The quantitative estimate of drug-likeness (QED) is 0.442. The van der Waals surface area contributed by atoms with Gasteiger partial charge in [-0.2, -0.15) is 0 Å². The van der Waals surface area contributed by atoms with Crippen molar-refractivity contribution in [3.8, 4) is 0 Å². The van der Waals surface area contributed by atoms with E-state index in [1.807, 2.05) is 0 Å². The maximum absolute atomic E-state index is 11.4. The fraction of sp³-hybridized carbons (Fsp3) is 0.750. The second-order valence-electron chi connectivity index (χ2n) is 3.40. The molecule has 0 aromatic heterocycles. The molecular formula is C8H12N2O2. The maximum atomic E-state index is 11.4. The summed E-state index contributed by atoms with van der Waals surface area (Å²) < 4.78 is 0. The number of Topliss-reactive ketones (excluding diaryl/α,β-unsaturated/α-hetero) is 2. The fourth-order valence-corrected chi connectivity index (χ4v) is 1.92. The van der Waals surface area contributed by atoms with E-state index in [9.17, 15) is 9.59 Å². The Morgan fingerprint density at radius 2 is 2.17 bits per heavy atom. The van der Waals surface area contributed by atoms with Gasteiger partial charge < -0.3 is 10.6 Å². The highest BCUT2D eigenvalue weighted by molar-refractivity contribution is 6.40. The van der Waals surface area contributed by atoms with Gasteiger partial charge in [-0.05, 0) is 18.9 Å². The molecule has 12 heavy (non-hydrogen) atoms. The van der Waals surface area contributed by atoms with Crippen LogP contribution in [-0.4, -0.2) is 37.2 Å². The van der Waals surface area contributed by atoms with Gasteiger partial charge in [-0.25, -0.2) is 0 Å². The van der Waals surface area contributed by atoms with Crippen LogP contribution in [0.3, 0.4) is 0 Å². The van der Waals surface area contributed by atoms with Gasteiger partial charge in [0.25, 0.3) is 0 Å². The molecule has 2 rings (SSSR count). The summed E-state index contributed by atoms with van der Waals surface area (Å²) in [6, 6.07) is -0.201. The average molecular weight is 168 g/mol. The minimum atomic E-state index is -0.281. The van der Waals surface area contributed by atoms with E-state index in [0.717, 1.165) is 19.5 Å². The number of nitrogens with one attached hydrogen (secondary N) is 2. The van der Waals surface area contributed by atoms with Gasteiger partial charge in [-0.3, -0.25) is 9.59 Å². The van der Waals surface area contributed by atoms with Crippen LogP contribution in [0.15, 0.2) is 0 Å². The zero-order valence-corrected chi connectivity index (χ0v) is 6.80. The van der Waals surface area contributed by atoms with Gasteiger partial charge in [0.05, 0.1) is 12.6 Å². The summed E-state index contributed by atoms with van der Waals surface area (Å²) in [7, 11) is 0. The zero-order chi connectivity index (χ0) is 8.55. The Bertz CT molecular complexity index is 227. The first-order chi connectivity index (χ1) is 5.79. The van der Waals surface area contributed by atoms with Crippen LogP contribution in [0.25, 0.3) is 0 Å². The van der Waals surface area contributed by atoms with Crippen molar-refractivity contribution in [1.82, 2.24) is 10.6 Å². The smallest absolute Gasteiger partial charge is 0.216 e. The van der Waals surface area contributed by atoms with E-state index >= 15 is 0 Å². The number of hydrogen-bond acceptors (Lipinski definition) is 4. The molecule has 2 saturated heterocycles. The molecule has 66 valence electrons. The Kier molecular flexibility index (Phi) is 1.94. The molecule has 4 nitrogen and oxygen atoms in total. The molecule has 0 saturated carbocycles. The molecule has 2 unspecified atom stereocenters. The SMILES string of the molecule is O=C1CNCC2CCNC2C1=O. The Balaban J connectivity index is 2.18. The Hall–Kier alpha value is -0.740. The van der Waals surface area contributed by atoms with Crippen molar-refractivity contribution >= 4 is 11.6 Å². The fourth-order valence-electron chi connectivity index (χ4n) is 1.92. The van der Waals surface area contributed by atoms with Crippen LogP contribution in [0, 0.1) is 5.92 Å².